The Kier molecular flexibility index (Phi) is 6.56. The molecule has 0 heterocycles. The number of hydrogen-bond acceptors (Lipinski definition) is 1. The van der Waals surface area contributed by atoms with Crippen LogP contribution in [0.3, 0.4) is 0 Å². The third kappa shape index (κ3) is 4.59. The summed E-state index contributed by atoms with van der Waals surface area (Å²) < 4.78 is 72.8. The second-order valence-corrected chi connectivity index (χ2v) is 5.30. The Morgan fingerprint density at radius 1 is 1.04 bits per heavy atom. The van der Waals surface area contributed by atoms with Crippen LogP contribution in [0.4, 0.5) is 22.0 Å². The monoisotopic (exact) mass is 356 g/mol. The molecule has 25 heavy (non-hydrogen) atoms. The van der Waals surface area contributed by atoms with Crippen molar-refractivity contribution in [2.45, 2.75) is 19.8 Å². The van der Waals surface area contributed by atoms with Crippen LogP contribution >= 0.6 is 0 Å². The Morgan fingerprint density at radius 3 is 2.40 bits per heavy atom. The van der Waals surface area contributed by atoms with E-state index in [4.69, 9.17) is 4.74 Å². The van der Waals surface area contributed by atoms with Crippen molar-refractivity contribution in [1.29, 1.82) is 0 Å². The van der Waals surface area contributed by atoms with E-state index in [0.717, 1.165) is 12.1 Å². The second-order valence-electron chi connectivity index (χ2n) is 5.30. The van der Waals surface area contributed by atoms with E-state index >= 15 is 0 Å². The maximum Gasteiger partial charge on any atom is 0.201 e. The first-order valence-electron chi connectivity index (χ1n) is 7.80. The van der Waals surface area contributed by atoms with Gasteiger partial charge in [0.15, 0.2) is 11.6 Å². The fourth-order valence-electron chi connectivity index (χ4n) is 2.34. The van der Waals surface area contributed by atoms with Gasteiger partial charge in [0.05, 0.1) is 13.3 Å². The largest absolute Gasteiger partial charge is 0.491 e. The lowest BCUT2D eigenvalue weighted by molar-refractivity contribution is 0.314. The molecule has 0 bridgehead atoms. The Morgan fingerprint density at radius 2 is 1.76 bits per heavy atom. The molecule has 0 saturated carbocycles. The number of alkyl halides is 1. The summed E-state index contributed by atoms with van der Waals surface area (Å²) in [7, 11) is 0. The molecule has 0 unspecified atom stereocenters. The van der Waals surface area contributed by atoms with E-state index < -0.39 is 30.0 Å². The van der Waals surface area contributed by atoms with Gasteiger partial charge in [-0.25, -0.2) is 13.2 Å². The van der Waals surface area contributed by atoms with Crippen molar-refractivity contribution in [2.24, 2.45) is 0 Å². The highest BCUT2D eigenvalue weighted by Gasteiger charge is 2.18. The first kappa shape index (κ1) is 19.0. The van der Waals surface area contributed by atoms with Crippen molar-refractivity contribution in [3.05, 3.63) is 59.2 Å². The van der Waals surface area contributed by atoms with Gasteiger partial charge in [-0.3, -0.25) is 4.39 Å². The van der Waals surface area contributed by atoms with Crippen LogP contribution in [0.1, 0.15) is 25.3 Å². The maximum atomic E-state index is 14.3. The molecular weight excluding hydrogens is 339 g/mol. The van der Waals surface area contributed by atoms with Crippen LogP contribution in [0.25, 0.3) is 17.2 Å². The standard InChI is InChI=1S/C19H17F5O/c1-2-25-17-8-7-15(18(23)19(17)24)14-6-5-12(11-16(14)22)10-13(21)4-3-9-20/h5-8,10-11H,2-4,9H2,1H3/b13-10-. The average molecular weight is 356 g/mol. The van der Waals surface area contributed by atoms with Gasteiger partial charge in [0.1, 0.15) is 11.6 Å². The van der Waals surface area contributed by atoms with Gasteiger partial charge in [0.25, 0.3) is 0 Å². The molecule has 0 amide bonds. The molecule has 2 aromatic rings. The molecule has 134 valence electrons. The van der Waals surface area contributed by atoms with E-state index in [1.165, 1.54) is 24.3 Å². The Labute approximate surface area is 142 Å². The minimum absolute atomic E-state index is 0.0412. The summed E-state index contributed by atoms with van der Waals surface area (Å²) in [5, 5.41) is 0. The normalized spacial score (nSPS) is 11.7. The lowest BCUT2D eigenvalue weighted by Crippen LogP contribution is -1.99. The molecule has 0 atom stereocenters. The highest BCUT2D eigenvalue weighted by atomic mass is 19.2. The van der Waals surface area contributed by atoms with Crippen LogP contribution in [0.5, 0.6) is 5.75 Å². The lowest BCUT2D eigenvalue weighted by Gasteiger charge is -2.10. The van der Waals surface area contributed by atoms with Crippen LogP contribution in [0.2, 0.25) is 0 Å². The molecular formula is C19H17F5O. The topological polar surface area (TPSA) is 9.23 Å². The van der Waals surface area contributed by atoms with Gasteiger partial charge in [-0.15, -0.1) is 0 Å². The number of halogens is 5. The second kappa shape index (κ2) is 8.65. The Balaban J connectivity index is 2.34. The third-order valence-corrected chi connectivity index (χ3v) is 3.50. The molecule has 0 radical (unpaired) electrons. The summed E-state index contributed by atoms with van der Waals surface area (Å²) in [6.45, 7) is 1.15. The molecule has 2 aromatic carbocycles. The van der Waals surface area contributed by atoms with Gasteiger partial charge in [-0.1, -0.05) is 12.1 Å². The zero-order valence-electron chi connectivity index (χ0n) is 13.6. The Bertz CT molecular complexity index is 771. The van der Waals surface area contributed by atoms with Gasteiger partial charge in [-0.2, -0.15) is 4.39 Å². The third-order valence-electron chi connectivity index (χ3n) is 3.50. The zero-order chi connectivity index (χ0) is 18.4. The highest BCUT2D eigenvalue weighted by molar-refractivity contribution is 5.68. The van der Waals surface area contributed by atoms with Crippen molar-refractivity contribution in [3.63, 3.8) is 0 Å². The van der Waals surface area contributed by atoms with Crippen LogP contribution in [-0.2, 0) is 0 Å². The lowest BCUT2D eigenvalue weighted by atomic mass is 10.0. The van der Waals surface area contributed by atoms with Crippen molar-refractivity contribution < 1.29 is 26.7 Å². The van der Waals surface area contributed by atoms with Gasteiger partial charge in [0.2, 0.25) is 5.82 Å². The minimum atomic E-state index is -1.22. The molecule has 0 fully saturated rings. The van der Waals surface area contributed by atoms with E-state index in [1.54, 1.807) is 6.92 Å². The van der Waals surface area contributed by atoms with Gasteiger partial charge in [-0.05, 0) is 43.2 Å². The SMILES string of the molecule is CCOc1ccc(-c2ccc(/C=C(\F)CCCF)cc2F)c(F)c1F. The minimum Gasteiger partial charge on any atom is -0.491 e. The molecule has 0 N–H and O–H groups in total. The van der Waals surface area contributed by atoms with Gasteiger partial charge < -0.3 is 4.74 Å². The van der Waals surface area contributed by atoms with Crippen LogP contribution in [-0.4, -0.2) is 13.3 Å². The molecule has 0 aliphatic carbocycles. The molecule has 0 aliphatic rings. The van der Waals surface area contributed by atoms with E-state index in [9.17, 15) is 22.0 Å². The molecule has 0 aromatic heterocycles. The molecule has 0 aliphatic heterocycles. The molecule has 2 rings (SSSR count). The van der Waals surface area contributed by atoms with Crippen LogP contribution in [0, 0.1) is 17.5 Å². The molecule has 0 saturated heterocycles. The van der Waals surface area contributed by atoms with Crippen molar-refractivity contribution in [3.8, 4) is 16.9 Å². The van der Waals surface area contributed by atoms with Crippen molar-refractivity contribution in [2.75, 3.05) is 13.3 Å². The summed E-state index contributed by atoms with van der Waals surface area (Å²) in [4.78, 5) is 0. The summed E-state index contributed by atoms with van der Waals surface area (Å²) in [6, 6.07) is 6.07. The fourth-order valence-corrected chi connectivity index (χ4v) is 2.34. The van der Waals surface area contributed by atoms with Crippen molar-refractivity contribution >= 4 is 6.08 Å². The van der Waals surface area contributed by atoms with E-state index in [2.05, 4.69) is 0 Å². The first-order chi connectivity index (χ1) is 12.0. The van der Waals surface area contributed by atoms with Crippen LogP contribution in [0.15, 0.2) is 36.2 Å². The molecule has 1 nitrogen and oxygen atoms in total. The summed E-state index contributed by atoms with van der Waals surface area (Å²) in [5.41, 5.74) is -0.197. The van der Waals surface area contributed by atoms with E-state index in [0.29, 0.717) is 0 Å². The van der Waals surface area contributed by atoms with Crippen molar-refractivity contribution in [1.82, 2.24) is 0 Å². The summed E-state index contributed by atoms with van der Waals surface area (Å²) in [5.74, 6) is -4.07. The maximum absolute atomic E-state index is 14.3. The highest BCUT2D eigenvalue weighted by Crippen LogP contribution is 2.32. The molecule has 6 heteroatoms. The van der Waals surface area contributed by atoms with E-state index in [1.807, 2.05) is 0 Å². The molecule has 0 spiro atoms. The van der Waals surface area contributed by atoms with Gasteiger partial charge in [0, 0.05) is 17.5 Å². The summed E-state index contributed by atoms with van der Waals surface area (Å²) in [6.07, 6.45) is 1.04. The number of allylic oxidation sites excluding steroid dienone is 1. The number of ether oxygens (including phenoxy) is 1. The van der Waals surface area contributed by atoms with E-state index in [-0.39, 0.29) is 41.9 Å². The predicted molar refractivity (Wildman–Crippen MR) is 87.2 cm³/mol. The number of rotatable bonds is 7. The average Bonchev–Trinajstić information content (AvgIpc) is 2.58. The quantitative estimate of drug-likeness (QED) is 0.534. The zero-order valence-corrected chi connectivity index (χ0v) is 13.6. The number of hydrogen-bond donors (Lipinski definition) is 0. The fraction of sp³-hybridized carbons (Fsp3) is 0.263. The first-order valence-corrected chi connectivity index (χ1v) is 7.80. The number of benzene rings is 2. The smallest absolute Gasteiger partial charge is 0.201 e. The predicted octanol–water partition coefficient (Wildman–Crippen LogP) is 6.23. The summed E-state index contributed by atoms with van der Waals surface area (Å²) >= 11 is 0. The van der Waals surface area contributed by atoms with Gasteiger partial charge >= 0.3 is 0 Å². The Hall–Kier alpha value is -2.37. The van der Waals surface area contributed by atoms with Crippen LogP contribution < -0.4 is 4.74 Å².